The predicted octanol–water partition coefficient (Wildman–Crippen LogP) is 6.02. The van der Waals surface area contributed by atoms with Gasteiger partial charge in [-0.05, 0) is 53.4 Å². The first-order valence-electron chi connectivity index (χ1n) is 7.08. The highest BCUT2D eigenvalue weighted by atomic mass is 19.2. The largest absolute Gasteiger partial charge is 0.206 e. The summed E-state index contributed by atoms with van der Waals surface area (Å²) >= 11 is 0. The van der Waals surface area contributed by atoms with E-state index in [4.69, 9.17) is 0 Å². The van der Waals surface area contributed by atoms with E-state index in [0.29, 0.717) is 11.1 Å². The van der Waals surface area contributed by atoms with Gasteiger partial charge in [0, 0.05) is 0 Å². The van der Waals surface area contributed by atoms with Crippen LogP contribution in [0.3, 0.4) is 0 Å². The van der Waals surface area contributed by atoms with E-state index in [1.54, 1.807) is 6.92 Å². The SMILES string of the molecule is Cc1cc(F)c(-c2ccc(-c3cc(F)c(F)c(F)c3)cc2)c(F)c1. The molecule has 0 aliphatic carbocycles. The van der Waals surface area contributed by atoms with Crippen LogP contribution in [0.5, 0.6) is 0 Å². The molecule has 0 saturated heterocycles. The average molecular weight is 334 g/mol. The van der Waals surface area contributed by atoms with Gasteiger partial charge in [0.25, 0.3) is 0 Å². The molecule has 0 unspecified atom stereocenters. The van der Waals surface area contributed by atoms with Crippen LogP contribution in [0.25, 0.3) is 22.3 Å². The normalized spacial score (nSPS) is 10.9. The summed E-state index contributed by atoms with van der Waals surface area (Å²) in [6.45, 7) is 1.58. The zero-order valence-electron chi connectivity index (χ0n) is 12.5. The van der Waals surface area contributed by atoms with E-state index >= 15 is 0 Å². The number of hydrogen-bond acceptors (Lipinski definition) is 0. The molecule has 0 atom stereocenters. The van der Waals surface area contributed by atoms with Gasteiger partial charge in [-0.15, -0.1) is 0 Å². The summed E-state index contributed by atoms with van der Waals surface area (Å²) < 4.78 is 67.6. The van der Waals surface area contributed by atoms with Crippen LogP contribution in [-0.4, -0.2) is 0 Å². The fourth-order valence-electron chi connectivity index (χ4n) is 2.53. The van der Waals surface area contributed by atoms with Gasteiger partial charge >= 0.3 is 0 Å². The molecule has 0 N–H and O–H groups in total. The van der Waals surface area contributed by atoms with E-state index in [9.17, 15) is 22.0 Å². The molecule has 3 aromatic carbocycles. The Kier molecular flexibility index (Phi) is 4.09. The lowest BCUT2D eigenvalue weighted by Crippen LogP contribution is -1.93. The van der Waals surface area contributed by atoms with Crippen LogP contribution in [0.15, 0.2) is 48.5 Å². The molecule has 0 aromatic heterocycles. The van der Waals surface area contributed by atoms with Crippen molar-refractivity contribution in [3.05, 3.63) is 83.2 Å². The van der Waals surface area contributed by atoms with E-state index in [2.05, 4.69) is 0 Å². The second-order valence-corrected chi connectivity index (χ2v) is 5.43. The maximum atomic E-state index is 14.0. The van der Waals surface area contributed by atoms with Crippen LogP contribution >= 0.6 is 0 Å². The zero-order chi connectivity index (χ0) is 17.4. The summed E-state index contributed by atoms with van der Waals surface area (Å²) in [6.07, 6.45) is 0. The van der Waals surface area contributed by atoms with E-state index in [1.807, 2.05) is 0 Å². The Hall–Kier alpha value is -2.69. The Morgan fingerprint density at radius 3 is 1.50 bits per heavy atom. The highest BCUT2D eigenvalue weighted by molar-refractivity contribution is 5.71. The predicted molar refractivity (Wildman–Crippen MR) is 81.8 cm³/mol. The van der Waals surface area contributed by atoms with Crippen molar-refractivity contribution in [3.63, 3.8) is 0 Å². The molecule has 0 radical (unpaired) electrons. The second kappa shape index (κ2) is 6.07. The van der Waals surface area contributed by atoms with E-state index in [-0.39, 0.29) is 16.7 Å². The van der Waals surface area contributed by atoms with Crippen LogP contribution in [-0.2, 0) is 0 Å². The molecular formula is C19H11F5. The first-order chi connectivity index (χ1) is 11.4. The van der Waals surface area contributed by atoms with Crippen molar-refractivity contribution in [1.29, 1.82) is 0 Å². The van der Waals surface area contributed by atoms with Crippen LogP contribution in [0, 0.1) is 36.0 Å². The van der Waals surface area contributed by atoms with Crippen molar-refractivity contribution in [2.75, 3.05) is 0 Å². The lowest BCUT2D eigenvalue weighted by molar-refractivity contribution is 0.448. The maximum Gasteiger partial charge on any atom is 0.194 e. The average Bonchev–Trinajstić information content (AvgIpc) is 2.52. The molecule has 3 aromatic rings. The molecular weight excluding hydrogens is 323 g/mol. The van der Waals surface area contributed by atoms with Gasteiger partial charge < -0.3 is 0 Å². The van der Waals surface area contributed by atoms with Crippen LogP contribution in [0.2, 0.25) is 0 Å². The third-order valence-electron chi connectivity index (χ3n) is 3.68. The minimum atomic E-state index is -1.54. The molecule has 0 nitrogen and oxygen atoms in total. The van der Waals surface area contributed by atoms with Crippen LogP contribution in [0.4, 0.5) is 22.0 Å². The summed E-state index contributed by atoms with van der Waals surface area (Å²) in [5.74, 6) is -5.54. The highest BCUT2D eigenvalue weighted by Gasteiger charge is 2.14. The Bertz CT molecular complexity index is 868. The Morgan fingerprint density at radius 2 is 1.00 bits per heavy atom. The molecule has 0 spiro atoms. The van der Waals surface area contributed by atoms with Gasteiger partial charge in [-0.2, -0.15) is 0 Å². The van der Waals surface area contributed by atoms with E-state index < -0.39 is 29.1 Å². The minimum absolute atomic E-state index is 0.128. The topological polar surface area (TPSA) is 0 Å². The molecule has 0 aliphatic rings. The third kappa shape index (κ3) is 2.89. The van der Waals surface area contributed by atoms with Crippen LogP contribution in [0.1, 0.15) is 5.56 Å². The van der Waals surface area contributed by atoms with Crippen molar-refractivity contribution in [2.24, 2.45) is 0 Å². The molecule has 0 heterocycles. The van der Waals surface area contributed by atoms with Crippen molar-refractivity contribution in [1.82, 2.24) is 0 Å². The lowest BCUT2D eigenvalue weighted by atomic mass is 9.98. The molecule has 5 heteroatoms. The Morgan fingerprint density at radius 1 is 0.542 bits per heavy atom. The summed E-state index contributed by atoms with van der Waals surface area (Å²) in [5, 5.41) is 0. The Balaban J connectivity index is 2.03. The number of aryl methyl sites for hydroxylation is 1. The number of hydrogen-bond donors (Lipinski definition) is 0. The van der Waals surface area contributed by atoms with Gasteiger partial charge in [-0.3, -0.25) is 0 Å². The van der Waals surface area contributed by atoms with E-state index in [0.717, 1.165) is 12.1 Å². The van der Waals surface area contributed by atoms with Gasteiger partial charge in [0.05, 0.1) is 5.56 Å². The van der Waals surface area contributed by atoms with Gasteiger partial charge in [0.2, 0.25) is 0 Å². The molecule has 0 fully saturated rings. The fourth-order valence-corrected chi connectivity index (χ4v) is 2.53. The first kappa shape index (κ1) is 16.2. The molecule has 0 bridgehead atoms. The molecule has 24 heavy (non-hydrogen) atoms. The fraction of sp³-hybridized carbons (Fsp3) is 0.0526. The molecule has 122 valence electrons. The molecule has 0 aliphatic heterocycles. The van der Waals surface area contributed by atoms with Crippen molar-refractivity contribution in [2.45, 2.75) is 6.92 Å². The quantitative estimate of drug-likeness (QED) is 0.397. The number of rotatable bonds is 2. The molecule has 3 rings (SSSR count). The minimum Gasteiger partial charge on any atom is -0.206 e. The second-order valence-electron chi connectivity index (χ2n) is 5.43. The molecule has 0 amide bonds. The summed E-state index contributed by atoms with van der Waals surface area (Å²) in [6, 6.07) is 9.95. The summed E-state index contributed by atoms with van der Waals surface area (Å²) in [5.41, 5.74) is 1.09. The van der Waals surface area contributed by atoms with Crippen molar-refractivity contribution in [3.8, 4) is 22.3 Å². The first-order valence-corrected chi connectivity index (χ1v) is 7.08. The lowest BCUT2D eigenvalue weighted by Gasteiger charge is -2.09. The van der Waals surface area contributed by atoms with Crippen LogP contribution < -0.4 is 0 Å². The zero-order valence-corrected chi connectivity index (χ0v) is 12.5. The van der Waals surface area contributed by atoms with Gasteiger partial charge in [-0.25, -0.2) is 22.0 Å². The summed E-state index contributed by atoms with van der Waals surface area (Å²) in [7, 11) is 0. The van der Waals surface area contributed by atoms with Gasteiger partial charge in [0.1, 0.15) is 11.6 Å². The third-order valence-corrected chi connectivity index (χ3v) is 3.68. The Labute approximate surface area is 135 Å². The smallest absolute Gasteiger partial charge is 0.194 e. The summed E-state index contributed by atoms with van der Waals surface area (Å²) in [4.78, 5) is 0. The number of halogens is 5. The standard InChI is InChI=1S/C19H11F5/c1-10-6-14(20)18(15(21)7-10)12-4-2-11(3-5-12)13-8-16(22)19(24)17(23)9-13/h2-9H,1H3. The number of benzene rings is 3. The van der Waals surface area contributed by atoms with Gasteiger partial charge in [0.15, 0.2) is 17.5 Å². The highest BCUT2D eigenvalue weighted by Crippen LogP contribution is 2.30. The molecule has 0 saturated carbocycles. The van der Waals surface area contributed by atoms with E-state index in [1.165, 1.54) is 36.4 Å². The van der Waals surface area contributed by atoms with Crippen molar-refractivity contribution < 1.29 is 22.0 Å². The monoisotopic (exact) mass is 334 g/mol. The maximum absolute atomic E-state index is 14.0. The van der Waals surface area contributed by atoms with Crippen molar-refractivity contribution >= 4 is 0 Å². The van der Waals surface area contributed by atoms with Gasteiger partial charge in [-0.1, -0.05) is 24.3 Å².